The van der Waals surface area contributed by atoms with E-state index in [1.807, 2.05) is 12.1 Å². The highest BCUT2D eigenvalue weighted by atomic mass is 35.5. The van der Waals surface area contributed by atoms with E-state index < -0.39 is 30.3 Å². The van der Waals surface area contributed by atoms with Crippen LogP contribution in [0.2, 0.25) is 10.0 Å². The van der Waals surface area contributed by atoms with Gasteiger partial charge in [0, 0.05) is 51.3 Å². The van der Waals surface area contributed by atoms with Crippen LogP contribution < -0.4 is 4.90 Å². The molecule has 0 unspecified atom stereocenters. The minimum absolute atomic E-state index is 0.0113. The molecule has 2 aliphatic heterocycles. The van der Waals surface area contributed by atoms with Crippen molar-refractivity contribution in [3.8, 4) is 6.07 Å². The SMILES string of the molecule is CN(C(=O)OC1CCC(C(F)(F)F)CC1)[C@@H]1CN(C(=O)C2CCN(c3ccc(C#N)cn3)CC2)C[C@H]1c1ccc(Cl)c(Cl)c1. The first-order chi connectivity index (χ1) is 20.9. The molecule has 2 amide bonds. The second kappa shape index (κ2) is 13.4. The number of piperidine rings is 1. The van der Waals surface area contributed by atoms with Gasteiger partial charge >= 0.3 is 12.3 Å². The van der Waals surface area contributed by atoms with E-state index in [1.54, 1.807) is 30.1 Å². The molecule has 8 nitrogen and oxygen atoms in total. The number of likely N-dealkylation sites (tertiary alicyclic amines) is 1. The van der Waals surface area contributed by atoms with E-state index >= 15 is 0 Å². The van der Waals surface area contributed by atoms with Gasteiger partial charge in [-0.05, 0) is 68.4 Å². The molecule has 1 saturated carbocycles. The van der Waals surface area contributed by atoms with Crippen molar-refractivity contribution in [1.82, 2.24) is 14.8 Å². The highest BCUT2D eigenvalue weighted by Gasteiger charge is 2.44. The Kier molecular flexibility index (Phi) is 9.80. The van der Waals surface area contributed by atoms with E-state index in [1.165, 1.54) is 11.1 Å². The molecule has 2 saturated heterocycles. The van der Waals surface area contributed by atoms with Crippen LogP contribution in [0, 0.1) is 23.2 Å². The van der Waals surface area contributed by atoms with Crippen LogP contribution >= 0.6 is 23.2 Å². The fourth-order valence-electron chi connectivity index (χ4n) is 6.55. The van der Waals surface area contributed by atoms with E-state index in [-0.39, 0.29) is 50.0 Å². The van der Waals surface area contributed by atoms with Gasteiger partial charge in [0.05, 0.1) is 27.6 Å². The summed E-state index contributed by atoms with van der Waals surface area (Å²) in [5.74, 6) is -1.05. The third-order valence-electron chi connectivity index (χ3n) is 9.21. The number of hydrogen-bond acceptors (Lipinski definition) is 6. The van der Waals surface area contributed by atoms with Crippen LogP contribution in [-0.2, 0) is 9.53 Å². The number of ether oxygens (including phenoxy) is 1. The predicted octanol–water partition coefficient (Wildman–Crippen LogP) is 6.66. The number of carbonyl (C=O) groups excluding carboxylic acids is 2. The zero-order chi connectivity index (χ0) is 31.6. The van der Waals surface area contributed by atoms with Gasteiger partial charge in [-0.1, -0.05) is 29.3 Å². The van der Waals surface area contributed by atoms with Gasteiger partial charge < -0.3 is 19.4 Å². The van der Waals surface area contributed by atoms with Crippen molar-refractivity contribution >= 4 is 41.0 Å². The Bertz CT molecular complexity index is 1390. The zero-order valence-corrected chi connectivity index (χ0v) is 25.8. The van der Waals surface area contributed by atoms with E-state index in [9.17, 15) is 22.8 Å². The number of pyridine rings is 1. The van der Waals surface area contributed by atoms with Crippen molar-refractivity contribution in [2.45, 2.75) is 62.8 Å². The van der Waals surface area contributed by atoms with Gasteiger partial charge in [0.1, 0.15) is 18.0 Å². The number of carbonyl (C=O) groups is 2. The summed E-state index contributed by atoms with van der Waals surface area (Å²) in [6.45, 7) is 1.94. The number of nitrogens with zero attached hydrogens (tertiary/aromatic N) is 5. The molecule has 0 spiro atoms. The van der Waals surface area contributed by atoms with Crippen molar-refractivity contribution in [2.75, 3.05) is 38.1 Å². The molecule has 1 aromatic heterocycles. The van der Waals surface area contributed by atoms with Crippen molar-refractivity contribution in [3.05, 3.63) is 57.7 Å². The number of hydrogen-bond donors (Lipinski definition) is 0. The summed E-state index contributed by atoms with van der Waals surface area (Å²) in [7, 11) is 1.61. The molecule has 44 heavy (non-hydrogen) atoms. The summed E-state index contributed by atoms with van der Waals surface area (Å²) in [6.07, 6.45) is -2.45. The maximum absolute atomic E-state index is 13.8. The fraction of sp³-hybridized carbons (Fsp3) is 0.548. The fourth-order valence-corrected chi connectivity index (χ4v) is 6.86. The third-order valence-corrected chi connectivity index (χ3v) is 9.95. The molecule has 3 fully saturated rings. The molecule has 236 valence electrons. The van der Waals surface area contributed by atoms with Crippen LogP contribution in [0.1, 0.15) is 55.6 Å². The first-order valence-corrected chi connectivity index (χ1v) is 15.5. The van der Waals surface area contributed by atoms with Crippen LogP contribution in [0.5, 0.6) is 0 Å². The molecular formula is C31H34Cl2F3N5O3. The summed E-state index contributed by atoms with van der Waals surface area (Å²) >= 11 is 12.5. The van der Waals surface area contributed by atoms with E-state index in [0.717, 1.165) is 11.4 Å². The quantitative estimate of drug-likeness (QED) is 0.359. The molecule has 0 radical (unpaired) electrons. The van der Waals surface area contributed by atoms with Gasteiger partial charge in [0.2, 0.25) is 5.91 Å². The first kappa shape index (κ1) is 32.2. The molecular weight excluding hydrogens is 618 g/mol. The van der Waals surface area contributed by atoms with Gasteiger partial charge in [-0.25, -0.2) is 9.78 Å². The lowest BCUT2D eigenvalue weighted by Gasteiger charge is -2.34. The maximum Gasteiger partial charge on any atom is 0.410 e. The van der Waals surface area contributed by atoms with Crippen LogP contribution in [-0.4, -0.2) is 78.3 Å². The lowest BCUT2D eigenvalue weighted by atomic mass is 9.87. The predicted molar refractivity (Wildman–Crippen MR) is 160 cm³/mol. The molecule has 3 aliphatic rings. The van der Waals surface area contributed by atoms with E-state index in [4.69, 9.17) is 33.2 Å². The molecule has 5 rings (SSSR count). The highest BCUT2D eigenvalue weighted by molar-refractivity contribution is 6.42. The van der Waals surface area contributed by atoms with Crippen LogP contribution in [0.15, 0.2) is 36.5 Å². The first-order valence-electron chi connectivity index (χ1n) is 14.8. The molecule has 13 heteroatoms. The molecule has 2 aromatic rings. The number of benzene rings is 1. The Morgan fingerprint density at radius 3 is 2.32 bits per heavy atom. The van der Waals surface area contributed by atoms with Gasteiger partial charge in [-0.3, -0.25) is 4.79 Å². The third kappa shape index (κ3) is 7.18. The van der Waals surface area contributed by atoms with Gasteiger partial charge in [-0.2, -0.15) is 18.4 Å². The number of rotatable bonds is 5. The second-order valence-electron chi connectivity index (χ2n) is 11.9. The number of anilines is 1. The molecule has 0 N–H and O–H groups in total. The number of alkyl halides is 3. The molecule has 1 aromatic carbocycles. The Labute approximate surface area is 264 Å². The average molecular weight is 653 g/mol. The van der Waals surface area contributed by atoms with Gasteiger partial charge in [0.15, 0.2) is 0 Å². The number of nitriles is 1. The van der Waals surface area contributed by atoms with Crippen molar-refractivity contribution in [2.24, 2.45) is 11.8 Å². The Morgan fingerprint density at radius 1 is 1.02 bits per heavy atom. The standard InChI is InChI=1S/C31H34Cl2F3N5O3/c1-39(30(43)44-23-6-4-22(5-7-23)31(34,35)36)27-18-41(17-24(27)21-3-8-25(32)26(33)14-21)29(42)20-10-12-40(13-11-20)28-9-2-19(15-37)16-38-28/h2-3,8-9,14,16,20,22-24,27H,4-7,10-13,17-18H2,1H3/t22?,23?,24-,27+/m0/s1. The molecule has 1 aliphatic carbocycles. The van der Waals surface area contributed by atoms with Crippen molar-refractivity contribution < 1.29 is 27.5 Å². The van der Waals surface area contributed by atoms with Gasteiger partial charge in [-0.15, -0.1) is 0 Å². The summed E-state index contributed by atoms with van der Waals surface area (Å²) < 4.78 is 45.0. The van der Waals surface area contributed by atoms with E-state index in [0.29, 0.717) is 48.1 Å². The molecule has 0 bridgehead atoms. The van der Waals surface area contributed by atoms with Crippen LogP contribution in [0.4, 0.5) is 23.8 Å². The summed E-state index contributed by atoms with van der Waals surface area (Å²) in [5.41, 5.74) is 1.31. The van der Waals surface area contributed by atoms with Crippen molar-refractivity contribution in [1.29, 1.82) is 5.26 Å². The minimum Gasteiger partial charge on any atom is -0.446 e. The molecule has 3 heterocycles. The lowest BCUT2D eigenvalue weighted by molar-refractivity contribution is -0.186. The topological polar surface area (TPSA) is 89.8 Å². The Morgan fingerprint density at radius 2 is 1.73 bits per heavy atom. The second-order valence-corrected chi connectivity index (χ2v) is 12.7. The van der Waals surface area contributed by atoms with Crippen molar-refractivity contribution in [3.63, 3.8) is 0 Å². The average Bonchev–Trinajstić information content (AvgIpc) is 3.47. The van der Waals surface area contributed by atoms with Crippen LogP contribution in [0.3, 0.4) is 0 Å². The summed E-state index contributed by atoms with van der Waals surface area (Å²) in [5, 5.41) is 9.78. The monoisotopic (exact) mass is 651 g/mol. The number of likely N-dealkylation sites (N-methyl/N-ethyl adjacent to an activating group) is 1. The van der Waals surface area contributed by atoms with E-state index in [2.05, 4.69) is 16.0 Å². The largest absolute Gasteiger partial charge is 0.446 e. The van der Waals surface area contributed by atoms with Gasteiger partial charge in [0.25, 0.3) is 0 Å². The molecule has 2 atom stereocenters. The smallest absolute Gasteiger partial charge is 0.410 e. The lowest BCUT2D eigenvalue weighted by Crippen LogP contribution is -2.45. The summed E-state index contributed by atoms with van der Waals surface area (Å²) in [6, 6.07) is 10.4. The van der Waals surface area contributed by atoms with Crippen LogP contribution in [0.25, 0.3) is 0 Å². The summed E-state index contributed by atoms with van der Waals surface area (Å²) in [4.78, 5) is 36.8. The zero-order valence-electron chi connectivity index (χ0n) is 24.3. The minimum atomic E-state index is -4.24. The number of amides is 2. The number of aromatic nitrogens is 1. The highest BCUT2D eigenvalue weighted by Crippen LogP contribution is 2.39. The maximum atomic E-state index is 13.8. The Hall–Kier alpha value is -3.23. The normalized spacial score (nSPS) is 24.6. The Balaban J connectivity index is 1.25. The number of halogens is 5.